The summed E-state index contributed by atoms with van der Waals surface area (Å²) in [5.41, 5.74) is 1.17. The first kappa shape index (κ1) is 12.2. The second-order valence-electron chi connectivity index (χ2n) is 4.98. The van der Waals surface area contributed by atoms with E-state index in [1.807, 2.05) is 25.5 Å². The highest BCUT2D eigenvalue weighted by Gasteiger charge is 2.27. The third-order valence-corrected chi connectivity index (χ3v) is 3.73. The van der Waals surface area contributed by atoms with Gasteiger partial charge in [0.15, 0.2) is 0 Å². The van der Waals surface area contributed by atoms with Crippen molar-refractivity contribution in [3.63, 3.8) is 0 Å². The lowest BCUT2D eigenvalue weighted by molar-refractivity contribution is 0.605. The molecule has 1 fully saturated rings. The van der Waals surface area contributed by atoms with E-state index in [0.717, 1.165) is 19.0 Å². The standard InChI is InChI=1S/C15H20N4/c1-16-12-14-8-5-10-18(14)15-17-9-11-19(15)13-6-3-2-4-7-13/h2-4,6-7,9,11,14,16H,5,8,10,12H2,1H3. The lowest BCUT2D eigenvalue weighted by Gasteiger charge is -2.26. The fourth-order valence-electron chi connectivity index (χ4n) is 2.85. The maximum Gasteiger partial charge on any atom is 0.210 e. The smallest absolute Gasteiger partial charge is 0.210 e. The average Bonchev–Trinajstić information content (AvgIpc) is 3.08. The van der Waals surface area contributed by atoms with Gasteiger partial charge in [-0.2, -0.15) is 0 Å². The zero-order valence-corrected chi connectivity index (χ0v) is 11.3. The second kappa shape index (κ2) is 5.45. The van der Waals surface area contributed by atoms with E-state index < -0.39 is 0 Å². The number of hydrogen-bond donors (Lipinski definition) is 1. The molecule has 1 aromatic carbocycles. The average molecular weight is 256 g/mol. The molecular formula is C15H20N4. The topological polar surface area (TPSA) is 33.1 Å². The van der Waals surface area contributed by atoms with Crippen LogP contribution in [0.3, 0.4) is 0 Å². The Morgan fingerprint density at radius 1 is 1.32 bits per heavy atom. The molecule has 1 aliphatic heterocycles. The zero-order chi connectivity index (χ0) is 13.1. The van der Waals surface area contributed by atoms with Crippen LogP contribution in [-0.2, 0) is 0 Å². The number of anilines is 1. The van der Waals surface area contributed by atoms with Gasteiger partial charge in [-0.25, -0.2) is 4.98 Å². The molecule has 1 N–H and O–H groups in total. The Bertz CT molecular complexity index is 520. The Labute approximate surface area is 114 Å². The predicted molar refractivity (Wildman–Crippen MR) is 77.9 cm³/mol. The first-order chi connectivity index (χ1) is 9.40. The molecule has 0 saturated carbocycles. The van der Waals surface area contributed by atoms with Crippen LogP contribution in [0.5, 0.6) is 0 Å². The number of likely N-dealkylation sites (N-methyl/N-ethyl adjacent to an activating group) is 1. The number of hydrogen-bond acceptors (Lipinski definition) is 3. The van der Waals surface area contributed by atoms with Crippen LogP contribution in [-0.4, -0.2) is 35.7 Å². The number of para-hydroxylation sites is 1. The summed E-state index contributed by atoms with van der Waals surface area (Å²) in [6.45, 7) is 2.11. The molecule has 1 saturated heterocycles. The van der Waals surface area contributed by atoms with Crippen molar-refractivity contribution >= 4 is 5.95 Å². The number of benzene rings is 1. The molecule has 0 bridgehead atoms. The summed E-state index contributed by atoms with van der Waals surface area (Å²) >= 11 is 0. The van der Waals surface area contributed by atoms with Crippen molar-refractivity contribution in [1.29, 1.82) is 0 Å². The summed E-state index contributed by atoms with van der Waals surface area (Å²) in [5, 5.41) is 3.28. The fraction of sp³-hybridized carbons (Fsp3) is 0.400. The summed E-state index contributed by atoms with van der Waals surface area (Å²) < 4.78 is 2.17. The maximum atomic E-state index is 4.57. The van der Waals surface area contributed by atoms with Crippen molar-refractivity contribution in [1.82, 2.24) is 14.9 Å². The minimum Gasteiger partial charge on any atom is -0.338 e. The van der Waals surface area contributed by atoms with Crippen molar-refractivity contribution in [3.8, 4) is 5.69 Å². The van der Waals surface area contributed by atoms with Crippen molar-refractivity contribution in [2.45, 2.75) is 18.9 Å². The third-order valence-electron chi connectivity index (χ3n) is 3.73. The van der Waals surface area contributed by atoms with E-state index in [2.05, 4.69) is 44.0 Å². The van der Waals surface area contributed by atoms with Gasteiger partial charge in [-0.05, 0) is 32.0 Å². The molecule has 4 nitrogen and oxygen atoms in total. The van der Waals surface area contributed by atoms with Gasteiger partial charge in [-0.3, -0.25) is 4.57 Å². The molecule has 0 spiro atoms. The van der Waals surface area contributed by atoms with E-state index in [0.29, 0.717) is 6.04 Å². The normalized spacial score (nSPS) is 19.0. The van der Waals surface area contributed by atoms with E-state index >= 15 is 0 Å². The molecule has 0 radical (unpaired) electrons. The van der Waals surface area contributed by atoms with Crippen LogP contribution in [0.4, 0.5) is 5.95 Å². The fourth-order valence-corrected chi connectivity index (χ4v) is 2.85. The van der Waals surface area contributed by atoms with Gasteiger partial charge < -0.3 is 10.2 Å². The molecule has 2 heterocycles. The Morgan fingerprint density at radius 2 is 2.16 bits per heavy atom. The number of rotatable bonds is 4. The van der Waals surface area contributed by atoms with Crippen molar-refractivity contribution in [3.05, 3.63) is 42.7 Å². The molecule has 2 aromatic rings. The third kappa shape index (κ3) is 2.36. The van der Waals surface area contributed by atoms with Crippen molar-refractivity contribution in [2.75, 3.05) is 25.0 Å². The van der Waals surface area contributed by atoms with Gasteiger partial charge in [0.05, 0.1) is 0 Å². The van der Waals surface area contributed by atoms with Crippen LogP contribution < -0.4 is 10.2 Å². The number of imidazole rings is 1. The van der Waals surface area contributed by atoms with Gasteiger partial charge in [0, 0.05) is 37.2 Å². The molecule has 1 aromatic heterocycles. The molecule has 19 heavy (non-hydrogen) atoms. The highest BCUT2D eigenvalue weighted by Crippen LogP contribution is 2.26. The first-order valence-corrected chi connectivity index (χ1v) is 6.90. The number of nitrogens with one attached hydrogen (secondary N) is 1. The molecule has 0 amide bonds. The van der Waals surface area contributed by atoms with Gasteiger partial charge in [-0.1, -0.05) is 18.2 Å². The van der Waals surface area contributed by atoms with Crippen LogP contribution in [0.25, 0.3) is 5.69 Å². The zero-order valence-electron chi connectivity index (χ0n) is 11.3. The van der Waals surface area contributed by atoms with Gasteiger partial charge in [0.1, 0.15) is 0 Å². The molecule has 3 rings (SSSR count). The first-order valence-electron chi connectivity index (χ1n) is 6.90. The van der Waals surface area contributed by atoms with Crippen LogP contribution >= 0.6 is 0 Å². The molecular weight excluding hydrogens is 236 g/mol. The summed E-state index contributed by atoms with van der Waals surface area (Å²) in [5.74, 6) is 1.06. The molecule has 100 valence electrons. The predicted octanol–water partition coefficient (Wildman–Crippen LogP) is 2.06. The molecule has 1 unspecified atom stereocenters. The highest BCUT2D eigenvalue weighted by atomic mass is 15.3. The minimum absolute atomic E-state index is 0.551. The van der Waals surface area contributed by atoms with Crippen molar-refractivity contribution in [2.24, 2.45) is 0 Å². The van der Waals surface area contributed by atoms with Gasteiger partial charge in [0.2, 0.25) is 5.95 Å². The van der Waals surface area contributed by atoms with Crippen LogP contribution in [0, 0.1) is 0 Å². The SMILES string of the molecule is CNCC1CCCN1c1nccn1-c1ccccc1. The Hall–Kier alpha value is -1.81. The van der Waals surface area contributed by atoms with Gasteiger partial charge in [-0.15, -0.1) is 0 Å². The summed E-state index contributed by atoms with van der Waals surface area (Å²) in [4.78, 5) is 6.99. The summed E-state index contributed by atoms with van der Waals surface area (Å²) in [6.07, 6.45) is 6.41. The Balaban J connectivity index is 1.92. The number of aromatic nitrogens is 2. The minimum atomic E-state index is 0.551. The maximum absolute atomic E-state index is 4.57. The highest BCUT2D eigenvalue weighted by molar-refractivity contribution is 5.45. The molecule has 4 heteroatoms. The quantitative estimate of drug-likeness (QED) is 0.909. The van der Waals surface area contributed by atoms with Crippen LogP contribution in [0.15, 0.2) is 42.7 Å². The van der Waals surface area contributed by atoms with Gasteiger partial charge in [0.25, 0.3) is 0 Å². The summed E-state index contributed by atoms with van der Waals surface area (Å²) in [7, 11) is 2.01. The van der Waals surface area contributed by atoms with Crippen LogP contribution in [0.1, 0.15) is 12.8 Å². The second-order valence-corrected chi connectivity index (χ2v) is 4.98. The van der Waals surface area contributed by atoms with Crippen LogP contribution in [0.2, 0.25) is 0 Å². The lowest BCUT2D eigenvalue weighted by Crippen LogP contribution is -2.38. The Morgan fingerprint density at radius 3 is 2.95 bits per heavy atom. The van der Waals surface area contributed by atoms with E-state index in [9.17, 15) is 0 Å². The molecule has 0 aliphatic carbocycles. The van der Waals surface area contributed by atoms with E-state index in [4.69, 9.17) is 0 Å². The Kier molecular flexibility index (Phi) is 3.51. The molecule has 1 aliphatic rings. The van der Waals surface area contributed by atoms with Crippen molar-refractivity contribution < 1.29 is 0 Å². The summed E-state index contributed by atoms with van der Waals surface area (Å²) in [6, 6.07) is 11.0. The van der Waals surface area contributed by atoms with E-state index in [1.54, 1.807) is 0 Å². The van der Waals surface area contributed by atoms with Gasteiger partial charge >= 0.3 is 0 Å². The molecule has 1 atom stereocenters. The monoisotopic (exact) mass is 256 g/mol. The lowest BCUT2D eigenvalue weighted by atomic mass is 10.2. The van der Waals surface area contributed by atoms with E-state index in [-0.39, 0.29) is 0 Å². The largest absolute Gasteiger partial charge is 0.338 e. The number of nitrogens with zero attached hydrogens (tertiary/aromatic N) is 3. The van der Waals surface area contributed by atoms with E-state index in [1.165, 1.54) is 18.5 Å².